The third-order valence-electron chi connectivity index (χ3n) is 6.38. The molecule has 1 N–H and O–H groups in total. The van der Waals surface area contributed by atoms with Crippen LogP contribution < -0.4 is 10.1 Å². The van der Waals surface area contributed by atoms with E-state index < -0.39 is 18.3 Å². The molecule has 2 atom stereocenters. The first-order valence-corrected chi connectivity index (χ1v) is 10.8. The van der Waals surface area contributed by atoms with Gasteiger partial charge in [-0.05, 0) is 35.2 Å². The van der Waals surface area contributed by atoms with E-state index in [0.29, 0.717) is 30.8 Å². The van der Waals surface area contributed by atoms with E-state index in [1.165, 1.54) is 18.9 Å². The second-order valence-corrected chi connectivity index (χ2v) is 8.36. The highest BCUT2D eigenvalue weighted by molar-refractivity contribution is 5.99. The van der Waals surface area contributed by atoms with Gasteiger partial charge in [0.05, 0.1) is 19.3 Å². The van der Waals surface area contributed by atoms with Crippen molar-refractivity contribution in [2.75, 3.05) is 19.0 Å². The summed E-state index contributed by atoms with van der Waals surface area (Å²) >= 11 is 0. The minimum absolute atomic E-state index is 0.0975. The van der Waals surface area contributed by atoms with Crippen molar-refractivity contribution in [3.63, 3.8) is 0 Å². The first-order valence-electron chi connectivity index (χ1n) is 10.8. The highest BCUT2D eigenvalue weighted by atomic mass is 19.4. The zero-order valence-electron chi connectivity index (χ0n) is 18.0. The van der Waals surface area contributed by atoms with Crippen LogP contribution in [0, 0.1) is 0 Å². The Morgan fingerprint density at radius 3 is 2.70 bits per heavy atom. The van der Waals surface area contributed by atoms with Crippen molar-refractivity contribution in [2.24, 2.45) is 0 Å². The van der Waals surface area contributed by atoms with Crippen molar-refractivity contribution in [3.05, 3.63) is 77.0 Å². The molecule has 2 aliphatic rings. The van der Waals surface area contributed by atoms with Crippen molar-refractivity contribution < 1.29 is 22.7 Å². The summed E-state index contributed by atoms with van der Waals surface area (Å²) in [7, 11) is 1.51. The smallest absolute Gasteiger partial charge is 0.410 e. The van der Waals surface area contributed by atoms with Crippen molar-refractivity contribution >= 4 is 11.7 Å². The first kappa shape index (κ1) is 21.4. The first-order chi connectivity index (χ1) is 15.8. The summed E-state index contributed by atoms with van der Waals surface area (Å²) in [4.78, 5) is 15.0. The van der Waals surface area contributed by atoms with Crippen LogP contribution in [0.3, 0.4) is 0 Å². The summed E-state index contributed by atoms with van der Waals surface area (Å²) in [5, 5.41) is 7.14. The van der Waals surface area contributed by atoms with Crippen LogP contribution in [0.2, 0.25) is 0 Å². The number of carbonyl (C=O) groups is 1. The fraction of sp³-hybridized carbons (Fsp3) is 0.333. The summed E-state index contributed by atoms with van der Waals surface area (Å²) in [5.41, 5.74) is 3.04. The Kier molecular flexibility index (Phi) is 5.26. The molecule has 3 heterocycles. The molecule has 1 aromatic heterocycles. The third kappa shape index (κ3) is 3.92. The lowest BCUT2D eigenvalue weighted by Crippen LogP contribution is -2.38. The number of hydrogen-bond donors (Lipinski definition) is 1. The normalized spacial score (nSPS) is 19.9. The summed E-state index contributed by atoms with van der Waals surface area (Å²) in [6, 6.07) is 12.3. The Hall–Kier alpha value is -3.49. The van der Waals surface area contributed by atoms with Gasteiger partial charge in [0.1, 0.15) is 17.1 Å². The lowest BCUT2D eigenvalue weighted by molar-refractivity contribution is -0.173. The van der Waals surface area contributed by atoms with Crippen LogP contribution in [-0.2, 0) is 13.0 Å². The molecule has 0 saturated carbocycles. The number of ether oxygens (including phenoxy) is 1. The van der Waals surface area contributed by atoms with Crippen LogP contribution >= 0.6 is 0 Å². The standard InChI is InChI=1S/C24H23F3N4O2/c1-33-18-8-4-7-16(11-18)20-12-21(24(25,26)27)31-22(29-20)19(13-28-31)23(32)30-10-9-15-5-2-3-6-17(15)14-30/h2-8,11,13,20-21,29H,9-10,12,14H2,1H3/t20-,21+/m1/s1. The summed E-state index contributed by atoms with van der Waals surface area (Å²) in [6.45, 7) is 0.921. The van der Waals surface area contributed by atoms with E-state index in [1.54, 1.807) is 29.2 Å². The quantitative estimate of drug-likeness (QED) is 0.618. The predicted molar refractivity (Wildman–Crippen MR) is 116 cm³/mol. The average Bonchev–Trinajstić information content (AvgIpc) is 3.26. The highest BCUT2D eigenvalue weighted by Gasteiger charge is 2.47. The van der Waals surface area contributed by atoms with E-state index in [9.17, 15) is 18.0 Å². The van der Waals surface area contributed by atoms with E-state index in [-0.39, 0.29) is 23.7 Å². The third-order valence-corrected chi connectivity index (χ3v) is 6.38. The summed E-state index contributed by atoms with van der Waals surface area (Å²) < 4.78 is 48.1. The number of fused-ring (bicyclic) bond motifs is 2. The number of amides is 1. The van der Waals surface area contributed by atoms with Gasteiger partial charge in [-0.15, -0.1) is 0 Å². The molecule has 0 fully saturated rings. The van der Waals surface area contributed by atoms with Crippen LogP contribution in [0.5, 0.6) is 5.75 Å². The maximum Gasteiger partial charge on any atom is 0.410 e. The molecule has 2 aliphatic heterocycles. The zero-order valence-corrected chi connectivity index (χ0v) is 18.0. The average molecular weight is 456 g/mol. The molecule has 9 heteroatoms. The maximum atomic E-state index is 14.0. The number of nitrogens with one attached hydrogen (secondary N) is 1. The summed E-state index contributed by atoms with van der Waals surface area (Å²) in [6.07, 6.45) is -2.80. The molecule has 0 radical (unpaired) electrons. The number of benzene rings is 2. The van der Waals surface area contributed by atoms with Gasteiger partial charge in [0.15, 0.2) is 6.04 Å². The Labute approximate surface area is 189 Å². The molecule has 1 amide bonds. The van der Waals surface area contributed by atoms with Gasteiger partial charge < -0.3 is 15.0 Å². The molecule has 5 rings (SSSR count). The monoisotopic (exact) mass is 456 g/mol. The molecule has 0 spiro atoms. The molecule has 6 nitrogen and oxygen atoms in total. The van der Waals surface area contributed by atoms with Gasteiger partial charge in [0.2, 0.25) is 0 Å². The van der Waals surface area contributed by atoms with Gasteiger partial charge in [0, 0.05) is 19.5 Å². The molecule has 3 aromatic rings. The number of aromatic nitrogens is 2. The largest absolute Gasteiger partial charge is 0.497 e. The van der Waals surface area contributed by atoms with Gasteiger partial charge in [0.25, 0.3) is 5.91 Å². The Morgan fingerprint density at radius 1 is 1.15 bits per heavy atom. The molecule has 2 aromatic carbocycles. The highest BCUT2D eigenvalue weighted by Crippen LogP contribution is 2.45. The summed E-state index contributed by atoms with van der Waals surface area (Å²) in [5.74, 6) is 0.325. The van der Waals surface area contributed by atoms with Crippen LogP contribution in [0.25, 0.3) is 0 Å². The molecule has 172 valence electrons. The lowest BCUT2D eigenvalue weighted by atomic mass is 9.96. The minimum Gasteiger partial charge on any atom is -0.497 e. The SMILES string of the molecule is COc1cccc([C@H]2C[C@@H](C(F)(F)F)n3ncc(C(=O)N4CCc5ccccc5C4)c3N2)c1. The molecule has 0 aliphatic carbocycles. The van der Waals surface area contributed by atoms with E-state index in [2.05, 4.69) is 10.4 Å². The van der Waals surface area contributed by atoms with E-state index in [0.717, 1.165) is 10.2 Å². The van der Waals surface area contributed by atoms with Crippen LogP contribution in [0.15, 0.2) is 54.7 Å². The van der Waals surface area contributed by atoms with Crippen LogP contribution in [-0.4, -0.2) is 40.4 Å². The number of methoxy groups -OCH3 is 1. The fourth-order valence-corrected chi connectivity index (χ4v) is 4.64. The van der Waals surface area contributed by atoms with E-state index in [4.69, 9.17) is 4.74 Å². The number of anilines is 1. The van der Waals surface area contributed by atoms with Gasteiger partial charge in [-0.3, -0.25) is 4.79 Å². The van der Waals surface area contributed by atoms with Gasteiger partial charge >= 0.3 is 6.18 Å². The predicted octanol–water partition coefficient (Wildman–Crippen LogP) is 4.75. The van der Waals surface area contributed by atoms with Crippen molar-refractivity contribution in [3.8, 4) is 5.75 Å². The topological polar surface area (TPSA) is 59.4 Å². The maximum absolute atomic E-state index is 14.0. The lowest BCUT2D eigenvalue weighted by Gasteiger charge is -2.34. The van der Waals surface area contributed by atoms with Crippen molar-refractivity contribution in [1.82, 2.24) is 14.7 Å². The number of rotatable bonds is 3. The zero-order chi connectivity index (χ0) is 23.2. The molecular weight excluding hydrogens is 433 g/mol. The number of nitrogens with zero attached hydrogens (tertiary/aromatic N) is 3. The molecule has 33 heavy (non-hydrogen) atoms. The van der Waals surface area contributed by atoms with Crippen LogP contribution in [0.1, 0.15) is 45.6 Å². The van der Waals surface area contributed by atoms with Gasteiger partial charge in [-0.1, -0.05) is 36.4 Å². The molecule has 0 bridgehead atoms. The number of hydrogen-bond acceptors (Lipinski definition) is 4. The second-order valence-electron chi connectivity index (χ2n) is 8.36. The fourth-order valence-electron chi connectivity index (χ4n) is 4.64. The molecule has 0 saturated heterocycles. The van der Waals surface area contributed by atoms with E-state index in [1.807, 2.05) is 24.3 Å². The van der Waals surface area contributed by atoms with E-state index >= 15 is 0 Å². The molecule has 0 unspecified atom stereocenters. The minimum atomic E-state index is -4.51. The number of carbonyl (C=O) groups excluding carboxylic acids is 1. The Bertz CT molecular complexity index is 1190. The van der Waals surface area contributed by atoms with Gasteiger partial charge in [-0.2, -0.15) is 18.3 Å². The van der Waals surface area contributed by atoms with Crippen molar-refractivity contribution in [2.45, 2.75) is 37.6 Å². The number of halogens is 3. The van der Waals surface area contributed by atoms with Gasteiger partial charge in [-0.25, -0.2) is 4.68 Å². The Morgan fingerprint density at radius 2 is 1.94 bits per heavy atom. The second kappa shape index (κ2) is 8.13. The molecular formula is C24H23F3N4O2. The van der Waals surface area contributed by atoms with Crippen LogP contribution in [0.4, 0.5) is 19.0 Å². The Balaban J connectivity index is 1.49. The van der Waals surface area contributed by atoms with Crippen molar-refractivity contribution in [1.29, 1.82) is 0 Å². The number of alkyl halides is 3.